The minimum absolute atomic E-state index is 0.0789. The maximum absolute atomic E-state index is 11.0. The van der Waals surface area contributed by atoms with Crippen molar-refractivity contribution in [3.63, 3.8) is 0 Å². The third-order valence-corrected chi connectivity index (χ3v) is 1.58. The number of hydrogen-bond donors (Lipinski definition) is 0. The molecule has 16 heavy (non-hydrogen) atoms. The highest BCUT2D eigenvalue weighted by molar-refractivity contribution is 5.82. The summed E-state index contributed by atoms with van der Waals surface area (Å²) in [5.41, 5.74) is 0. The average Bonchev–Trinajstić information content (AvgIpc) is 2.31. The van der Waals surface area contributed by atoms with E-state index >= 15 is 0 Å². The highest BCUT2D eigenvalue weighted by atomic mass is 16.6. The molecule has 0 amide bonds. The molecule has 0 aliphatic rings. The van der Waals surface area contributed by atoms with Gasteiger partial charge in [-0.25, -0.2) is 9.59 Å². The fourth-order valence-electron chi connectivity index (χ4n) is 0.807. The van der Waals surface area contributed by atoms with Gasteiger partial charge in [0.25, 0.3) is 0 Å². The highest BCUT2D eigenvalue weighted by Crippen LogP contribution is 2.03. The van der Waals surface area contributed by atoms with Gasteiger partial charge >= 0.3 is 11.9 Å². The van der Waals surface area contributed by atoms with Gasteiger partial charge in [-0.3, -0.25) is 0 Å². The van der Waals surface area contributed by atoms with Gasteiger partial charge in [-0.05, 0) is 12.5 Å². The van der Waals surface area contributed by atoms with Crippen LogP contribution in [0.1, 0.15) is 19.8 Å². The van der Waals surface area contributed by atoms with E-state index in [1.165, 1.54) is 0 Å². The maximum atomic E-state index is 11.0. The van der Waals surface area contributed by atoms with Crippen molar-refractivity contribution in [2.45, 2.75) is 19.8 Å². The molecule has 0 aliphatic carbocycles. The summed E-state index contributed by atoms with van der Waals surface area (Å²) in [4.78, 5) is 21.8. The van der Waals surface area contributed by atoms with Crippen molar-refractivity contribution in [3.8, 4) is 0 Å². The minimum Gasteiger partial charge on any atom is -0.454 e. The zero-order valence-corrected chi connectivity index (χ0v) is 9.40. The lowest BCUT2D eigenvalue weighted by Gasteiger charge is -2.07. The van der Waals surface area contributed by atoms with Crippen LogP contribution in [0.3, 0.4) is 0 Å². The molecule has 0 aliphatic heterocycles. The number of esters is 2. The summed E-state index contributed by atoms with van der Waals surface area (Å²) < 4.78 is 9.65. The van der Waals surface area contributed by atoms with E-state index in [9.17, 15) is 9.59 Å². The zero-order chi connectivity index (χ0) is 12.4. The van der Waals surface area contributed by atoms with E-state index in [-0.39, 0.29) is 6.61 Å². The SMILES string of the molecule is C=CC(=O)OCC(=CCCC)OC(=O)C=C. The third kappa shape index (κ3) is 6.59. The fourth-order valence-corrected chi connectivity index (χ4v) is 0.807. The minimum atomic E-state index is -0.572. The van der Waals surface area contributed by atoms with Crippen molar-refractivity contribution in [2.24, 2.45) is 0 Å². The molecule has 4 heteroatoms. The van der Waals surface area contributed by atoms with E-state index in [4.69, 9.17) is 9.47 Å². The Labute approximate surface area is 95.2 Å². The first-order valence-corrected chi connectivity index (χ1v) is 4.96. The predicted octanol–water partition coefficient (Wildman–Crippen LogP) is 2.13. The van der Waals surface area contributed by atoms with Crippen molar-refractivity contribution in [2.75, 3.05) is 6.61 Å². The fraction of sp³-hybridized carbons (Fsp3) is 0.333. The van der Waals surface area contributed by atoms with Crippen LogP contribution in [0.4, 0.5) is 0 Å². The zero-order valence-electron chi connectivity index (χ0n) is 9.40. The van der Waals surface area contributed by atoms with Crippen molar-refractivity contribution in [1.29, 1.82) is 0 Å². The Hall–Kier alpha value is -1.84. The molecule has 0 N–H and O–H groups in total. The van der Waals surface area contributed by atoms with Crippen LogP contribution in [-0.4, -0.2) is 18.5 Å². The molecule has 88 valence electrons. The summed E-state index contributed by atoms with van der Waals surface area (Å²) in [5.74, 6) is -0.823. The van der Waals surface area contributed by atoms with Gasteiger partial charge in [0.15, 0.2) is 0 Å². The van der Waals surface area contributed by atoms with E-state index in [1.807, 2.05) is 6.92 Å². The molecule has 0 aromatic carbocycles. The molecule has 4 nitrogen and oxygen atoms in total. The van der Waals surface area contributed by atoms with Gasteiger partial charge in [-0.1, -0.05) is 26.5 Å². The number of ether oxygens (including phenoxy) is 2. The number of carbonyl (C=O) groups excluding carboxylic acids is 2. The highest BCUT2D eigenvalue weighted by Gasteiger charge is 2.05. The van der Waals surface area contributed by atoms with Gasteiger partial charge < -0.3 is 9.47 Å². The number of unbranched alkanes of at least 4 members (excludes halogenated alkanes) is 1. The first kappa shape index (κ1) is 14.2. The van der Waals surface area contributed by atoms with Gasteiger partial charge in [0.05, 0.1) is 0 Å². The van der Waals surface area contributed by atoms with Crippen LogP contribution in [0.2, 0.25) is 0 Å². The van der Waals surface area contributed by atoms with Crippen LogP contribution in [0.25, 0.3) is 0 Å². The predicted molar refractivity (Wildman–Crippen MR) is 60.4 cm³/mol. The molecule has 0 atom stereocenters. The van der Waals surface area contributed by atoms with Crippen molar-refractivity contribution < 1.29 is 19.1 Å². The molecule has 0 bridgehead atoms. The molecular weight excluding hydrogens is 208 g/mol. The quantitative estimate of drug-likeness (QED) is 0.377. The molecule has 0 unspecified atom stereocenters. The van der Waals surface area contributed by atoms with Crippen LogP contribution >= 0.6 is 0 Å². The monoisotopic (exact) mass is 224 g/mol. The standard InChI is InChI=1S/C12H16O4/c1-4-7-8-10(16-12(14)6-3)9-15-11(13)5-2/h5-6,8H,2-4,7,9H2,1H3. The summed E-state index contributed by atoms with van der Waals surface area (Å²) in [5, 5.41) is 0. The number of carbonyl (C=O) groups is 2. The third-order valence-electron chi connectivity index (χ3n) is 1.58. The summed E-state index contributed by atoms with van der Waals surface area (Å²) in [6, 6.07) is 0. The lowest BCUT2D eigenvalue weighted by atomic mass is 10.3. The molecule has 0 heterocycles. The Bertz CT molecular complexity index is 302. The van der Waals surface area contributed by atoms with Gasteiger partial charge in [0.2, 0.25) is 0 Å². The normalized spacial score (nSPS) is 10.4. The summed E-state index contributed by atoms with van der Waals surface area (Å²) in [6.07, 6.45) is 5.45. The Kier molecular flexibility index (Phi) is 7.49. The van der Waals surface area contributed by atoms with Crippen LogP contribution in [0, 0.1) is 0 Å². The Morgan fingerprint density at radius 3 is 2.31 bits per heavy atom. The second kappa shape index (κ2) is 8.47. The molecule has 0 aromatic heterocycles. The van der Waals surface area contributed by atoms with Crippen molar-refractivity contribution in [1.82, 2.24) is 0 Å². The van der Waals surface area contributed by atoms with Crippen LogP contribution in [-0.2, 0) is 19.1 Å². The van der Waals surface area contributed by atoms with Crippen molar-refractivity contribution >= 4 is 11.9 Å². The van der Waals surface area contributed by atoms with E-state index in [0.29, 0.717) is 5.76 Å². The second-order valence-corrected chi connectivity index (χ2v) is 2.90. The van der Waals surface area contributed by atoms with Gasteiger partial charge in [-0.2, -0.15) is 0 Å². The van der Waals surface area contributed by atoms with Crippen LogP contribution in [0.15, 0.2) is 37.1 Å². The van der Waals surface area contributed by atoms with Gasteiger partial charge in [0, 0.05) is 12.2 Å². The Morgan fingerprint density at radius 2 is 1.81 bits per heavy atom. The van der Waals surface area contributed by atoms with E-state index in [2.05, 4.69) is 13.2 Å². The number of hydrogen-bond acceptors (Lipinski definition) is 4. The summed E-state index contributed by atoms with van der Waals surface area (Å²) in [7, 11) is 0. The number of allylic oxidation sites excluding steroid dienone is 1. The smallest absolute Gasteiger partial charge is 0.335 e. The molecule has 0 spiro atoms. The van der Waals surface area contributed by atoms with Gasteiger partial charge in [0.1, 0.15) is 12.4 Å². The molecular formula is C12H16O4. The van der Waals surface area contributed by atoms with Crippen LogP contribution < -0.4 is 0 Å². The Morgan fingerprint density at radius 1 is 1.19 bits per heavy atom. The largest absolute Gasteiger partial charge is 0.454 e. The lowest BCUT2D eigenvalue weighted by Crippen LogP contribution is -2.09. The maximum Gasteiger partial charge on any atom is 0.335 e. The molecule has 0 fully saturated rings. The molecule has 0 radical (unpaired) electrons. The molecule has 0 saturated heterocycles. The summed E-state index contributed by atoms with van der Waals surface area (Å²) in [6.45, 7) is 8.45. The topological polar surface area (TPSA) is 52.6 Å². The molecule has 0 saturated carbocycles. The Balaban J connectivity index is 4.31. The van der Waals surface area contributed by atoms with Crippen molar-refractivity contribution in [3.05, 3.63) is 37.1 Å². The van der Waals surface area contributed by atoms with Gasteiger partial charge in [-0.15, -0.1) is 0 Å². The first-order valence-electron chi connectivity index (χ1n) is 4.96. The van der Waals surface area contributed by atoms with Crippen LogP contribution in [0.5, 0.6) is 0 Å². The first-order chi connectivity index (χ1) is 7.63. The second-order valence-electron chi connectivity index (χ2n) is 2.90. The number of rotatable bonds is 7. The average molecular weight is 224 g/mol. The van der Waals surface area contributed by atoms with E-state index < -0.39 is 11.9 Å². The summed E-state index contributed by atoms with van der Waals surface area (Å²) >= 11 is 0. The lowest BCUT2D eigenvalue weighted by molar-refractivity contribution is -0.141. The molecule has 0 rings (SSSR count). The molecule has 0 aromatic rings. The van der Waals surface area contributed by atoms with E-state index in [0.717, 1.165) is 25.0 Å². The van der Waals surface area contributed by atoms with E-state index in [1.54, 1.807) is 6.08 Å².